The maximum Gasteiger partial charge on any atom is 0.228 e. The van der Waals surface area contributed by atoms with Crippen molar-refractivity contribution in [3.05, 3.63) is 9.08 Å². The van der Waals surface area contributed by atoms with Gasteiger partial charge in [0.25, 0.3) is 0 Å². The quantitative estimate of drug-likeness (QED) is 0.908. The molecular formula is C7H6Br2N2OS. The molecule has 1 aliphatic rings. The highest BCUT2D eigenvalue weighted by molar-refractivity contribution is 9.13. The second kappa shape index (κ2) is 3.67. The Labute approximate surface area is 96.3 Å². The second-order valence-electron chi connectivity index (χ2n) is 2.88. The third-order valence-corrected chi connectivity index (χ3v) is 4.92. The molecule has 0 bridgehead atoms. The van der Waals surface area contributed by atoms with Gasteiger partial charge in [-0.1, -0.05) is 0 Å². The van der Waals surface area contributed by atoms with Crippen LogP contribution in [-0.2, 0) is 4.79 Å². The molecule has 6 heteroatoms. The SMILES string of the molecule is O=C(Nc1snc(Br)c1Br)C1CC1. The summed E-state index contributed by atoms with van der Waals surface area (Å²) in [6.07, 6.45) is 2.03. The molecule has 70 valence electrons. The molecule has 0 saturated heterocycles. The van der Waals surface area contributed by atoms with E-state index in [0.717, 1.165) is 26.9 Å². The van der Waals surface area contributed by atoms with Crippen LogP contribution in [0.3, 0.4) is 0 Å². The molecule has 0 spiro atoms. The molecule has 0 aliphatic heterocycles. The van der Waals surface area contributed by atoms with Gasteiger partial charge in [0, 0.05) is 5.92 Å². The summed E-state index contributed by atoms with van der Waals surface area (Å²) in [6, 6.07) is 0. The van der Waals surface area contributed by atoms with E-state index in [-0.39, 0.29) is 11.8 Å². The minimum atomic E-state index is 0.108. The first kappa shape index (κ1) is 9.61. The third kappa shape index (κ3) is 2.11. The molecule has 1 saturated carbocycles. The minimum absolute atomic E-state index is 0.108. The van der Waals surface area contributed by atoms with E-state index in [4.69, 9.17) is 0 Å². The fourth-order valence-electron chi connectivity index (χ4n) is 0.897. The fourth-order valence-corrected chi connectivity index (χ4v) is 2.55. The van der Waals surface area contributed by atoms with Gasteiger partial charge in [-0.3, -0.25) is 4.79 Å². The first-order chi connectivity index (χ1) is 6.18. The highest BCUT2D eigenvalue weighted by Gasteiger charge is 2.30. The Kier molecular flexibility index (Phi) is 2.71. The van der Waals surface area contributed by atoms with Crippen LogP contribution < -0.4 is 5.32 Å². The Morgan fingerprint density at radius 1 is 1.54 bits per heavy atom. The lowest BCUT2D eigenvalue weighted by Gasteiger charge is -1.99. The average Bonchev–Trinajstić information content (AvgIpc) is 2.89. The van der Waals surface area contributed by atoms with Crippen LogP contribution in [0, 0.1) is 5.92 Å². The van der Waals surface area contributed by atoms with E-state index in [9.17, 15) is 4.79 Å². The van der Waals surface area contributed by atoms with Crippen LogP contribution in [0.2, 0.25) is 0 Å². The zero-order valence-corrected chi connectivity index (χ0v) is 10.5. The lowest BCUT2D eigenvalue weighted by Crippen LogP contribution is -2.12. The fraction of sp³-hybridized carbons (Fsp3) is 0.429. The molecule has 3 nitrogen and oxygen atoms in total. The molecule has 1 aromatic heterocycles. The first-order valence-corrected chi connectivity index (χ1v) is 6.16. The van der Waals surface area contributed by atoms with Gasteiger partial charge in [0.1, 0.15) is 9.60 Å². The van der Waals surface area contributed by atoms with Crippen molar-refractivity contribution >= 4 is 54.3 Å². The van der Waals surface area contributed by atoms with Crippen molar-refractivity contribution in [2.24, 2.45) is 5.92 Å². The lowest BCUT2D eigenvalue weighted by atomic mass is 10.4. The second-order valence-corrected chi connectivity index (χ2v) is 5.20. The van der Waals surface area contributed by atoms with Gasteiger partial charge in [-0.15, -0.1) is 0 Å². The van der Waals surface area contributed by atoms with Crippen LogP contribution in [-0.4, -0.2) is 10.3 Å². The number of rotatable bonds is 2. The van der Waals surface area contributed by atoms with Crippen molar-refractivity contribution < 1.29 is 4.79 Å². The molecule has 0 radical (unpaired) electrons. The van der Waals surface area contributed by atoms with Crippen molar-refractivity contribution in [3.63, 3.8) is 0 Å². The van der Waals surface area contributed by atoms with E-state index in [1.165, 1.54) is 11.5 Å². The smallest absolute Gasteiger partial charge is 0.228 e. The zero-order valence-electron chi connectivity index (χ0n) is 6.51. The maximum atomic E-state index is 11.4. The molecule has 2 rings (SSSR count). The molecule has 1 heterocycles. The highest BCUT2D eigenvalue weighted by Crippen LogP contribution is 2.36. The monoisotopic (exact) mass is 324 g/mol. The summed E-state index contributed by atoms with van der Waals surface area (Å²) in [5, 5.41) is 3.61. The Bertz CT molecular complexity index is 348. The number of aromatic nitrogens is 1. The van der Waals surface area contributed by atoms with Gasteiger partial charge in [0.05, 0.1) is 4.47 Å². The summed E-state index contributed by atoms with van der Waals surface area (Å²) in [5.74, 6) is 0.338. The molecule has 0 atom stereocenters. The number of hydrogen-bond acceptors (Lipinski definition) is 3. The summed E-state index contributed by atoms with van der Waals surface area (Å²) in [5.41, 5.74) is 0. The number of nitrogens with one attached hydrogen (secondary N) is 1. The molecular weight excluding hydrogens is 320 g/mol. The summed E-state index contributed by atoms with van der Waals surface area (Å²) < 4.78 is 5.61. The van der Waals surface area contributed by atoms with Crippen molar-refractivity contribution in [1.82, 2.24) is 4.37 Å². The Hall–Kier alpha value is 0.0600. The average molecular weight is 326 g/mol. The Morgan fingerprint density at radius 3 is 2.69 bits per heavy atom. The van der Waals surface area contributed by atoms with E-state index in [2.05, 4.69) is 41.6 Å². The van der Waals surface area contributed by atoms with Gasteiger partial charge in [0.15, 0.2) is 0 Å². The number of carbonyl (C=O) groups is 1. The predicted molar refractivity (Wildman–Crippen MR) is 58.9 cm³/mol. The van der Waals surface area contributed by atoms with E-state index in [1.54, 1.807) is 0 Å². The van der Waals surface area contributed by atoms with Crippen molar-refractivity contribution in [2.75, 3.05) is 5.32 Å². The molecule has 1 amide bonds. The van der Waals surface area contributed by atoms with Crippen LogP contribution in [0.4, 0.5) is 5.00 Å². The summed E-state index contributed by atoms with van der Waals surface area (Å²) >= 11 is 7.87. The summed E-state index contributed by atoms with van der Waals surface area (Å²) in [4.78, 5) is 11.4. The van der Waals surface area contributed by atoms with Gasteiger partial charge >= 0.3 is 0 Å². The van der Waals surface area contributed by atoms with Crippen LogP contribution >= 0.6 is 43.4 Å². The summed E-state index contributed by atoms with van der Waals surface area (Å²) in [6.45, 7) is 0. The molecule has 1 aliphatic carbocycles. The van der Waals surface area contributed by atoms with E-state index in [0.29, 0.717) is 0 Å². The van der Waals surface area contributed by atoms with Gasteiger partial charge in [-0.25, -0.2) is 0 Å². The molecule has 1 fully saturated rings. The molecule has 13 heavy (non-hydrogen) atoms. The largest absolute Gasteiger partial charge is 0.315 e. The number of amides is 1. The molecule has 0 unspecified atom stereocenters. The summed E-state index contributed by atoms with van der Waals surface area (Å²) in [7, 11) is 0. The number of nitrogens with zero attached hydrogens (tertiary/aromatic N) is 1. The molecule has 1 N–H and O–H groups in total. The zero-order chi connectivity index (χ0) is 9.42. The number of anilines is 1. The van der Waals surface area contributed by atoms with Crippen LogP contribution in [0.5, 0.6) is 0 Å². The van der Waals surface area contributed by atoms with Crippen LogP contribution in [0.15, 0.2) is 9.08 Å². The maximum absolute atomic E-state index is 11.4. The molecule has 0 aromatic carbocycles. The van der Waals surface area contributed by atoms with Crippen molar-refractivity contribution in [1.29, 1.82) is 0 Å². The van der Waals surface area contributed by atoms with E-state index < -0.39 is 0 Å². The number of hydrogen-bond donors (Lipinski definition) is 1. The van der Waals surface area contributed by atoms with Crippen molar-refractivity contribution in [2.45, 2.75) is 12.8 Å². The van der Waals surface area contributed by atoms with E-state index >= 15 is 0 Å². The van der Waals surface area contributed by atoms with Gasteiger partial charge in [-0.2, -0.15) is 4.37 Å². The Morgan fingerprint density at radius 2 is 2.23 bits per heavy atom. The normalized spacial score (nSPS) is 15.8. The highest BCUT2D eigenvalue weighted by atomic mass is 79.9. The van der Waals surface area contributed by atoms with Crippen LogP contribution in [0.25, 0.3) is 0 Å². The standard InChI is InChI=1S/C7H6Br2N2OS/c8-4-5(9)11-13-7(4)10-6(12)3-1-2-3/h3H,1-2H2,(H,10,12). The first-order valence-electron chi connectivity index (χ1n) is 3.80. The lowest BCUT2D eigenvalue weighted by molar-refractivity contribution is -0.117. The van der Waals surface area contributed by atoms with Crippen molar-refractivity contribution in [3.8, 4) is 0 Å². The topological polar surface area (TPSA) is 42.0 Å². The third-order valence-electron chi connectivity index (χ3n) is 1.78. The number of carbonyl (C=O) groups excluding carboxylic acids is 1. The Balaban J connectivity index is 2.08. The number of halogens is 2. The van der Waals surface area contributed by atoms with E-state index in [1.807, 2.05) is 0 Å². The minimum Gasteiger partial charge on any atom is -0.315 e. The molecule has 1 aromatic rings. The van der Waals surface area contributed by atoms with Gasteiger partial charge in [-0.05, 0) is 56.2 Å². The van der Waals surface area contributed by atoms with Crippen LogP contribution in [0.1, 0.15) is 12.8 Å². The van der Waals surface area contributed by atoms with Gasteiger partial charge in [0.2, 0.25) is 5.91 Å². The van der Waals surface area contributed by atoms with Gasteiger partial charge < -0.3 is 5.32 Å². The predicted octanol–water partition coefficient (Wildman–Crippen LogP) is 3.02.